The lowest BCUT2D eigenvalue weighted by molar-refractivity contribution is -0.192. The number of fused-ring (bicyclic) bond motifs is 1. The minimum atomic E-state index is -5.08. The summed E-state index contributed by atoms with van der Waals surface area (Å²) in [6.45, 7) is 3.56. The van der Waals surface area contributed by atoms with Gasteiger partial charge in [-0.05, 0) is 12.1 Å². The maximum absolute atomic E-state index is 12.5. The van der Waals surface area contributed by atoms with E-state index in [9.17, 15) is 18.0 Å². The van der Waals surface area contributed by atoms with Crippen LogP contribution in [0.4, 0.5) is 19.0 Å². The number of amides is 1. The van der Waals surface area contributed by atoms with Gasteiger partial charge in [0.25, 0.3) is 5.91 Å². The number of aromatic nitrogens is 3. The molecule has 0 bridgehead atoms. The Hall–Kier alpha value is -3.35. The number of methoxy groups -OCH3 is 1. The van der Waals surface area contributed by atoms with E-state index in [2.05, 4.69) is 20.2 Å². The number of aryl methyl sites for hydroxylation is 1. The van der Waals surface area contributed by atoms with Crippen LogP contribution < -0.4 is 15.0 Å². The van der Waals surface area contributed by atoms with Crippen LogP contribution in [0.2, 0.25) is 0 Å². The highest BCUT2D eigenvalue weighted by Crippen LogP contribution is 2.42. The van der Waals surface area contributed by atoms with E-state index < -0.39 is 12.1 Å². The van der Waals surface area contributed by atoms with Crippen molar-refractivity contribution in [1.29, 1.82) is 0 Å². The Morgan fingerprint density at radius 3 is 2.73 bits per heavy atom. The molecule has 2 N–H and O–H groups in total. The van der Waals surface area contributed by atoms with E-state index >= 15 is 0 Å². The maximum atomic E-state index is 12.5. The van der Waals surface area contributed by atoms with Crippen molar-refractivity contribution in [2.45, 2.75) is 6.18 Å². The standard InChI is InChI=1S/C18H23N5O3.C2HF3O2/c1-22-5-3-4-14(22)17(24)19-9-18-10-23(7-13(18)8-26-11-18)15-6-16(25-2)21-12-20-15;3-2(4,5)1(6)7/h3-6,12-13H,7-11H2,1-2H3,(H,19,24);(H,6,7)/t13-,18+;/m1./s1. The van der Waals surface area contributed by atoms with E-state index in [1.54, 1.807) is 7.11 Å². The van der Waals surface area contributed by atoms with Crippen LogP contribution in [0, 0.1) is 11.3 Å². The molecule has 10 nitrogen and oxygen atoms in total. The average molecular weight is 471 g/mol. The molecule has 180 valence electrons. The highest BCUT2D eigenvalue weighted by molar-refractivity contribution is 5.92. The minimum Gasteiger partial charge on any atom is -0.481 e. The van der Waals surface area contributed by atoms with Crippen LogP contribution in [0.3, 0.4) is 0 Å². The first kappa shape index (κ1) is 24.3. The first-order valence-electron chi connectivity index (χ1n) is 9.94. The monoisotopic (exact) mass is 471 g/mol. The molecule has 4 heterocycles. The number of hydrogen-bond donors (Lipinski definition) is 2. The number of nitrogens with zero attached hydrogens (tertiary/aromatic N) is 4. The molecule has 2 atom stereocenters. The molecule has 0 radical (unpaired) electrons. The normalized spacial score (nSPS) is 21.7. The summed E-state index contributed by atoms with van der Waals surface area (Å²) in [5.41, 5.74) is 0.561. The summed E-state index contributed by atoms with van der Waals surface area (Å²) in [6.07, 6.45) is -1.70. The van der Waals surface area contributed by atoms with Crippen LogP contribution in [-0.4, -0.2) is 77.7 Å². The zero-order chi connectivity index (χ0) is 24.2. The second-order valence-corrected chi connectivity index (χ2v) is 7.86. The summed E-state index contributed by atoms with van der Waals surface area (Å²) < 4.78 is 44.5. The van der Waals surface area contributed by atoms with Gasteiger partial charge in [0, 0.05) is 50.3 Å². The Labute approximate surface area is 187 Å². The van der Waals surface area contributed by atoms with Gasteiger partial charge in [-0.1, -0.05) is 0 Å². The number of ether oxygens (including phenoxy) is 2. The Balaban J connectivity index is 0.000000383. The Morgan fingerprint density at radius 1 is 1.39 bits per heavy atom. The molecule has 2 aromatic heterocycles. The van der Waals surface area contributed by atoms with E-state index in [0.717, 1.165) is 18.9 Å². The number of carboxylic acid groups (broad SMARTS) is 1. The van der Waals surface area contributed by atoms with E-state index in [-0.39, 0.29) is 11.3 Å². The second kappa shape index (κ2) is 9.65. The molecule has 0 aromatic carbocycles. The second-order valence-electron chi connectivity index (χ2n) is 7.86. The van der Waals surface area contributed by atoms with Gasteiger partial charge < -0.3 is 29.4 Å². The largest absolute Gasteiger partial charge is 0.490 e. The summed E-state index contributed by atoms with van der Waals surface area (Å²) in [6, 6.07) is 5.54. The third kappa shape index (κ3) is 5.53. The molecule has 13 heteroatoms. The maximum Gasteiger partial charge on any atom is 0.490 e. The minimum absolute atomic E-state index is 0.0559. The van der Waals surface area contributed by atoms with Crippen LogP contribution in [0.1, 0.15) is 10.5 Å². The lowest BCUT2D eigenvalue weighted by Crippen LogP contribution is -2.43. The van der Waals surface area contributed by atoms with Crippen LogP contribution >= 0.6 is 0 Å². The lowest BCUT2D eigenvalue weighted by Gasteiger charge is -2.27. The van der Waals surface area contributed by atoms with Gasteiger partial charge in [-0.3, -0.25) is 4.79 Å². The molecule has 33 heavy (non-hydrogen) atoms. The van der Waals surface area contributed by atoms with Crippen molar-refractivity contribution >= 4 is 17.7 Å². The fourth-order valence-electron chi connectivity index (χ4n) is 3.92. The average Bonchev–Trinajstić information content (AvgIpc) is 3.46. The zero-order valence-corrected chi connectivity index (χ0v) is 18.0. The summed E-state index contributed by atoms with van der Waals surface area (Å²) in [5.74, 6) is -1.06. The van der Waals surface area contributed by atoms with Crippen molar-refractivity contribution < 1.29 is 37.3 Å². The number of alkyl halides is 3. The molecular weight excluding hydrogens is 447 g/mol. The number of hydrogen-bond acceptors (Lipinski definition) is 7. The molecule has 0 saturated carbocycles. The van der Waals surface area contributed by atoms with E-state index in [1.807, 2.05) is 36.0 Å². The fraction of sp³-hybridized carbons (Fsp3) is 0.500. The third-order valence-corrected chi connectivity index (χ3v) is 5.70. The van der Waals surface area contributed by atoms with E-state index in [0.29, 0.717) is 37.3 Å². The molecule has 2 aliphatic rings. The number of nitrogens with one attached hydrogen (secondary N) is 1. The predicted molar refractivity (Wildman–Crippen MR) is 109 cm³/mol. The molecule has 2 aromatic rings. The van der Waals surface area contributed by atoms with Gasteiger partial charge in [-0.2, -0.15) is 13.2 Å². The third-order valence-electron chi connectivity index (χ3n) is 5.70. The number of carbonyl (C=O) groups is 2. The molecule has 4 rings (SSSR count). The van der Waals surface area contributed by atoms with E-state index in [1.165, 1.54) is 6.33 Å². The molecule has 2 aliphatic heterocycles. The number of carboxylic acids is 1. The van der Waals surface area contributed by atoms with Crippen molar-refractivity contribution in [3.63, 3.8) is 0 Å². The molecule has 1 amide bonds. The predicted octanol–water partition coefficient (Wildman–Crippen LogP) is 1.34. The van der Waals surface area contributed by atoms with Crippen LogP contribution in [-0.2, 0) is 16.6 Å². The number of carbonyl (C=O) groups excluding carboxylic acids is 1. The highest BCUT2D eigenvalue weighted by Gasteiger charge is 2.51. The highest BCUT2D eigenvalue weighted by atomic mass is 19.4. The first-order chi connectivity index (χ1) is 15.6. The van der Waals surface area contributed by atoms with Crippen molar-refractivity contribution in [3.8, 4) is 5.88 Å². The fourth-order valence-corrected chi connectivity index (χ4v) is 3.92. The van der Waals surface area contributed by atoms with Gasteiger partial charge in [-0.15, -0.1) is 0 Å². The van der Waals surface area contributed by atoms with Crippen molar-refractivity contribution in [2.75, 3.05) is 44.9 Å². The summed E-state index contributed by atoms with van der Waals surface area (Å²) in [7, 11) is 3.47. The van der Waals surface area contributed by atoms with Gasteiger partial charge in [0.05, 0.1) is 20.3 Å². The molecule has 0 unspecified atom stereocenters. The molecular formula is C20H24F3N5O5. The SMILES string of the molecule is COc1cc(N2C[C@@H]3COC[C@]3(CNC(=O)c3cccn3C)C2)ncn1.O=C(O)C(F)(F)F. The number of rotatable bonds is 5. The summed E-state index contributed by atoms with van der Waals surface area (Å²) in [5, 5.41) is 10.2. The summed E-state index contributed by atoms with van der Waals surface area (Å²) in [4.78, 5) is 32.1. The topological polar surface area (TPSA) is 119 Å². The lowest BCUT2D eigenvalue weighted by atomic mass is 9.81. The van der Waals surface area contributed by atoms with Gasteiger partial charge in [0.15, 0.2) is 0 Å². The molecule has 2 fully saturated rings. The Kier molecular flexibility index (Phi) is 7.10. The summed E-state index contributed by atoms with van der Waals surface area (Å²) >= 11 is 0. The van der Waals surface area contributed by atoms with Gasteiger partial charge >= 0.3 is 12.1 Å². The quantitative estimate of drug-likeness (QED) is 0.671. The van der Waals surface area contributed by atoms with Crippen molar-refractivity contribution in [2.24, 2.45) is 18.4 Å². The van der Waals surface area contributed by atoms with Crippen LogP contribution in [0.15, 0.2) is 30.7 Å². The van der Waals surface area contributed by atoms with Gasteiger partial charge in [-0.25, -0.2) is 14.8 Å². The smallest absolute Gasteiger partial charge is 0.481 e. The van der Waals surface area contributed by atoms with Crippen molar-refractivity contribution in [1.82, 2.24) is 19.9 Å². The molecule has 0 spiro atoms. The Bertz CT molecular complexity index is 998. The van der Waals surface area contributed by atoms with Crippen LogP contribution in [0.5, 0.6) is 5.88 Å². The molecule has 0 aliphatic carbocycles. The Morgan fingerprint density at radius 2 is 2.12 bits per heavy atom. The van der Waals surface area contributed by atoms with Gasteiger partial charge in [0.1, 0.15) is 17.8 Å². The number of aliphatic carboxylic acids is 1. The van der Waals surface area contributed by atoms with E-state index in [4.69, 9.17) is 19.4 Å². The zero-order valence-electron chi connectivity index (χ0n) is 18.0. The van der Waals surface area contributed by atoms with Crippen LogP contribution in [0.25, 0.3) is 0 Å². The number of halogens is 3. The van der Waals surface area contributed by atoms with Crippen molar-refractivity contribution in [3.05, 3.63) is 36.4 Å². The first-order valence-corrected chi connectivity index (χ1v) is 9.94. The number of anilines is 1. The molecule has 2 saturated heterocycles. The van der Waals surface area contributed by atoms with Gasteiger partial charge in [0.2, 0.25) is 5.88 Å².